The second-order valence-corrected chi connectivity index (χ2v) is 11.4. The van der Waals surface area contributed by atoms with Crippen molar-refractivity contribution in [1.82, 2.24) is 0 Å². The Morgan fingerprint density at radius 3 is 2.12 bits per heavy atom. The maximum atomic E-state index is 10.9. The zero-order chi connectivity index (χ0) is 18.4. The molecule has 142 valence electrons. The lowest BCUT2D eigenvalue weighted by Gasteiger charge is -2.55. The van der Waals surface area contributed by atoms with Gasteiger partial charge in [-0.25, -0.2) is 0 Å². The van der Waals surface area contributed by atoms with Crippen LogP contribution in [0.2, 0.25) is 0 Å². The molecule has 0 aromatic rings. The fourth-order valence-electron chi connectivity index (χ4n) is 5.09. The SMILES string of the molecule is CC(C)(C)CC(COC12CCCC(O)(CC(C)(O)C1)C2)C(C)(C)C. The first-order valence-corrected chi connectivity index (χ1v) is 9.73. The Balaban J connectivity index is 2.12. The van der Waals surface area contributed by atoms with Crippen molar-refractivity contribution in [3.05, 3.63) is 0 Å². The number of fused-ring (bicyclic) bond motifs is 2. The van der Waals surface area contributed by atoms with Gasteiger partial charge < -0.3 is 14.9 Å². The molecular weight excluding hydrogens is 300 g/mol. The zero-order valence-electron chi connectivity index (χ0n) is 17.0. The molecular formula is C21H40O3. The molecule has 0 radical (unpaired) electrons. The molecule has 2 aliphatic rings. The molecule has 0 spiro atoms. The highest BCUT2D eigenvalue weighted by Gasteiger charge is 2.55. The van der Waals surface area contributed by atoms with E-state index >= 15 is 0 Å². The first kappa shape index (κ1) is 20.2. The van der Waals surface area contributed by atoms with E-state index in [0.717, 1.165) is 25.7 Å². The monoisotopic (exact) mass is 340 g/mol. The normalized spacial score (nSPS) is 38.9. The van der Waals surface area contributed by atoms with Crippen molar-refractivity contribution in [2.24, 2.45) is 16.7 Å². The van der Waals surface area contributed by atoms with E-state index in [1.807, 2.05) is 6.92 Å². The van der Waals surface area contributed by atoms with Gasteiger partial charge in [0.05, 0.1) is 23.4 Å². The van der Waals surface area contributed by atoms with E-state index in [0.29, 0.717) is 31.8 Å². The summed E-state index contributed by atoms with van der Waals surface area (Å²) in [6.07, 6.45) is 5.67. The molecule has 0 heterocycles. The molecule has 0 amide bonds. The van der Waals surface area contributed by atoms with Crippen LogP contribution in [0.1, 0.15) is 93.4 Å². The molecule has 4 unspecified atom stereocenters. The van der Waals surface area contributed by atoms with Gasteiger partial charge in [-0.2, -0.15) is 0 Å². The third-order valence-corrected chi connectivity index (χ3v) is 6.01. The fourth-order valence-corrected chi connectivity index (χ4v) is 5.09. The van der Waals surface area contributed by atoms with Crippen molar-refractivity contribution in [3.8, 4) is 0 Å². The molecule has 24 heavy (non-hydrogen) atoms. The molecule has 0 aliphatic heterocycles. The van der Waals surface area contributed by atoms with E-state index in [-0.39, 0.29) is 16.4 Å². The lowest BCUT2D eigenvalue weighted by Crippen LogP contribution is -2.59. The van der Waals surface area contributed by atoms with Crippen molar-refractivity contribution in [2.75, 3.05) is 6.61 Å². The van der Waals surface area contributed by atoms with Crippen molar-refractivity contribution in [2.45, 2.75) is 110 Å². The Labute approximate surface area is 149 Å². The summed E-state index contributed by atoms with van der Waals surface area (Å²) in [5.41, 5.74) is -1.47. The predicted octanol–water partition coefficient (Wildman–Crippen LogP) is 4.69. The van der Waals surface area contributed by atoms with Crippen LogP contribution in [0, 0.1) is 16.7 Å². The number of ether oxygens (including phenoxy) is 1. The van der Waals surface area contributed by atoms with Crippen LogP contribution in [0.15, 0.2) is 0 Å². The molecule has 3 heteroatoms. The Hall–Kier alpha value is -0.120. The van der Waals surface area contributed by atoms with Gasteiger partial charge in [0.25, 0.3) is 0 Å². The highest BCUT2D eigenvalue weighted by atomic mass is 16.5. The lowest BCUT2D eigenvalue weighted by atomic mass is 9.61. The minimum Gasteiger partial charge on any atom is -0.390 e. The quantitative estimate of drug-likeness (QED) is 0.780. The molecule has 2 saturated carbocycles. The fraction of sp³-hybridized carbons (Fsp3) is 1.00. The summed E-state index contributed by atoms with van der Waals surface area (Å²) in [5.74, 6) is 0.466. The van der Waals surface area contributed by atoms with E-state index < -0.39 is 11.2 Å². The van der Waals surface area contributed by atoms with Crippen LogP contribution in [-0.4, -0.2) is 33.6 Å². The van der Waals surface area contributed by atoms with Gasteiger partial charge in [-0.3, -0.25) is 0 Å². The molecule has 4 atom stereocenters. The number of hydrogen-bond donors (Lipinski definition) is 2. The highest BCUT2D eigenvalue weighted by Crippen LogP contribution is 2.51. The van der Waals surface area contributed by atoms with Crippen LogP contribution in [0.5, 0.6) is 0 Å². The number of rotatable bonds is 4. The summed E-state index contributed by atoms with van der Waals surface area (Å²) in [7, 11) is 0. The van der Waals surface area contributed by atoms with Crippen LogP contribution < -0.4 is 0 Å². The number of aliphatic hydroxyl groups is 2. The standard InChI is InChI=1S/C21H40O3/c1-17(2,3)11-16(18(4,5)6)12-24-21-10-8-9-20(23,15-21)13-19(7,22)14-21/h16,22-23H,8-15H2,1-7H3. The Morgan fingerprint density at radius 1 is 0.958 bits per heavy atom. The third kappa shape index (κ3) is 5.19. The maximum Gasteiger partial charge on any atom is 0.0737 e. The molecule has 2 bridgehead atoms. The van der Waals surface area contributed by atoms with Gasteiger partial charge in [-0.05, 0) is 49.4 Å². The van der Waals surface area contributed by atoms with E-state index in [2.05, 4.69) is 41.5 Å². The molecule has 0 aromatic carbocycles. The topological polar surface area (TPSA) is 49.7 Å². The van der Waals surface area contributed by atoms with Crippen molar-refractivity contribution >= 4 is 0 Å². The van der Waals surface area contributed by atoms with Crippen LogP contribution >= 0.6 is 0 Å². The number of hydrogen-bond acceptors (Lipinski definition) is 3. The summed E-state index contributed by atoms with van der Waals surface area (Å²) in [4.78, 5) is 0. The van der Waals surface area contributed by atoms with Gasteiger partial charge in [0.2, 0.25) is 0 Å². The van der Waals surface area contributed by atoms with E-state index in [1.54, 1.807) is 0 Å². The average Bonchev–Trinajstić information content (AvgIpc) is 2.28. The molecule has 2 rings (SSSR count). The van der Waals surface area contributed by atoms with Gasteiger partial charge in [0.1, 0.15) is 0 Å². The van der Waals surface area contributed by atoms with Gasteiger partial charge in [0.15, 0.2) is 0 Å². The molecule has 2 aliphatic carbocycles. The lowest BCUT2D eigenvalue weighted by molar-refractivity contribution is -0.221. The van der Waals surface area contributed by atoms with Crippen LogP contribution in [0.3, 0.4) is 0 Å². The van der Waals surface area contributed by atoms with Crippen molar-refractivity contribution < 1.29 is 14.9 Å². The first-order chi connectivity index (χ1) is 10.6. The van der Waals surface area contributed by atoms with Gasteiger partial charge in [-0.15, -0.1) is 0 Å². The van der Waals surface area contributed by atoms with Crippen LogP contribution in [-0.2, 0) is 4.74 Å². The summed E-state index contributed by atoms with van der Waals surface area (Å²) in [5, 5.41) is 21.6. The second-order valence-electron chi connectivity index (χ2n) is 11.4. The second kappa shape index (κ2) is 6.25. The van der Waals surface area contributed by atoms with Crippen molar-refractivity contribution in [1.29, 1.82) is 0 Å². The van der Waals surface area contributed by atoms with Gasteiger partial charge in [0, 0.05) is 19.3 Å². The summed E-state index contributed by atoms with van der Waals surface area (Å²) < 4.78 is 6.56. The Kier molecular flexibility index (Phi) is 5.25. The van der Waals surface area contributed by atoms with E-state index in [4.69, 9.17) is 4.74 Å². The third-order valence-electron chi connectivity index (χ3n) is 6.01. The van der Waals surface area contributed by atoms with Crippen LogP contribution in [0.4, 0.5) is 0 Å². The van der Waals surface area contributed by atoms with Gasteiger partial charge >= 0.3 is 0 Å². The molecule has 2 fully saturated rings. The minimum atomic E-state index is -0.825. The largest absolute Gasteiger partial charge is 0.390 e. The Morgan fingerprint density at radius 2 is 1.58 bits per heavy atom. The minimum absolute atomic E-state index is 0.187. The maximum absolute atomic E-state index is 10.9. The van der Waals surface area contributed by atoms with Gasteiger partial charge in [-0.1, -0.05) is 41.5 Å². The van der Waals surface area contributed by atoms with E-state index in [1.165, 1.54) is 0 Å². The molecule has 2 N–H and O–H groups in total. The predicted molar refractivity (Wildman–Crippen MR) is 99.0 cm³/mol. The molecule has 0 saturated heterocycles. The van der Waals surface area contributed by atoms with E-state index in [9.17, 15) is 10.2 Å². The first-order valence-electron chi connectivity index (χ1n) is 9.73. The Bertz CT molecular complexity index is 439. The van der Waals surface area contributed by atoms with Crippen LogP contribution in [0.25, 0.3) is 0 Å². The zero-order valence-corrected chi connectivity index (χ0v) is 17.0. The molecule has 0 aromatic heterocycles. The summed E-state index contributed by atoms with van der Waals surface area (Å²) in [6.45, 7) is 16.3. The molecule has 3 nitrogen and oxygen atoms in total. The van der Waals surface area contributed by atoms with Crippen molar-refractivity contribution in [3.63, 3.8) is 0 Å². The summed E-state index contributed by atoms with van der Waals surface area (Å²) >= 11 is 0. The highest BCUT2D eigenvalue weighted by molar-refractivity contribution is 5.07. The smallest absolute Gasteiger partial charge is 0.0737 e. The summed E-state index contributed by atoms with van der Waals surface area (Å²) in [6, 6.07) is 0. The average molecular weight is 341 g/mol.